The fourth-order valence-corrected chi connectivity index (χ4v) is 6.58. The van der Waals surface area contributed by atoms with Crippen LogP contribution in [0.2, 0.25) is 0 Å². The number of carboxylic acids is 2. The zero-order valence-electron chi connectivity index (χ0n) is 18.5. The fourth-order valence-electron chi connectivity index (χ4n) is 3.96. The molecule has 3 rings (SSSR count). The zero-order valence-corrected chi connectivity index (χ0v) is 20.1. The molecule has 0 saturated carbocycles. The van der Waals surface area contributed by atoms with Crippen LogP contribution < -0.4 is 15.4 Å². The average molecular weight is 497 g/mol. The molecule has 1 aliphatic rings. The quantitative estimate of drug-likeness (QED) is 0.390. The lowest BCUT2D eigenvalue weighted by Crippen LogP contribution is -2.43. The minimum Gasteiger partial charge on any atom is -0.480 e. The van der Waals surface area contributed by atoms with E-state index < -0.39 is 33.8 Å². The molecular weight excluding hydrogens is 468 g/mol. The van der Waals surface area contributed by atoms with E-state index in [0.717, 1.165) is 37.3 Å². The minimum absolute atomic E-state index is 0.0158. The molecule has 1 aliphatic heterocycles. The van der Waals surface area contributed by atoms with Crippen molar-refractivity contribution in [2.24, 2.45) is 5.92 Å². The van der Waals surface area contributed by atoms with Crippen LogP contribution in [0.1, 0.15) is 35.0 Å². The van der Waals surface area contributed by atoms with Crippen molar-refractivity contribution in [2.45, 2.75) is 32.1 Å². The van der Waals surface area contributed by atoms with Crippen LogP contribution >= 0.6 is 11.3 Å². The SMILES string of the molecule is CCS(=O)(=O)C(Nc1cccc(-c2sc(C(=O)O)c(OCC(=O)O)c2C)c1)C1CCNCC1. The standard InChI is InChI=1S/C22H28N2O7S2/c1-3-33(29,30)21(14-7-9-23-10-8-14)24-16-6-4-5-15(11-16)19-13(2)18(31-12-17(25)26)20(32-19)22(27)28/h4-6,11,14,21,23-24H,3,7-10,12H2,1-2H3,(H,25,26)(H,27,28). The minimum atomic E-state index is -3.36. The Labute approximate surface area is 196 Å². The second-order valence-corrected chi connectivity index (χ2v) is 11.3. The van der Waals surface area contributed by atoms with Gasteiger partial charge in [0.05, 0.1) is 0 Å². The third kappa shape index (κ3) is 5.84. The first-order valence-corrected chi connectivity index (χ1v) is 13.2. The van der Waals surface area contributed by atoms with Crippen molar-refractivity contribution in [3.8, 4) is 16.2 Å². The number of thiophene rings is 1. The molecule has 0 bridgehead atoms. The molecule has 1 fully saturated rings. The second kappa shape index (κ2) is 10.5. The van der Waals surface area contributed by atoms with E-state index in [9.17, 15) is 23.1 Å². The van der Waals surface area contributed by atoms with Gasteiger partial charge in [-0.05, 0) is 56.5 Å². The highest BCUT2D eigenvalue weighted by Crippen LogP contribution is 2.42. The van der Waals surface area contributed by atoms with Gasteiger partial charge in [-0.1, -0.05) is 19.1 Å². The maximum absolute atomic E-state index is 12.9. The molecule has 2 aromatic rings. The summed E-state index contributed by atoms with van der Waals surface area (Å²) in [6.07, 6.45) is 1.51. The van der Waals surface area contributed by atoms with Gasteiger partial charge in [0, 0.05) is 21.9 Å². The van der Waals surface area contributed by atoms with E-state index in [1.165, 1.54) is 0 Å². The molecule has 180 valence electrons. The van der Waals surface area contributed by atoms with Crippen LogP contribution in [0.25, 0.3) is 10.4 Å². The molecule has 0 spiro atoms. The van der Waals surface area contributed by atoms with Crippen LogP contribution in [0.3, 0.4) is 0 Å². The Kier molecular flexibility index (Phi) is 7.98. The summed E-state index contributed by atoms with van der Waals surface area (Å²) in [6, 6.07) is 7.13. The Morgan fingerprint density at radius 1 is 1.27 bits per heavy atom. The number of hydrogen-bond donors (Lipinski definition) is 4. The molecule has 0 amide bonds. The van der Waals surface area contributed by atoms with Gasteiger partial charge in [-0.25, -0.2) is 18.0 Å². The van der Waals surface area contributed by atoms with Crippen molar-refractivity contribution in [3.05, 3.63) is 34.7 Å². The third-order valence-corrected chi connectivity index (χ3v) is 9.05. The Morgan fingerprint density at radius 2 is 1.97 bits per heavy atom. The van der Waals surface area contributed by atoms with E-state index >= 15 is 0 Å². The fraction of sp³-hybridized carbons (Fsp3) is 0.455. The molecule has 1 atom stereocenters. The first kappa shape index (κ1) is 25.0. The number of carboxylic acid groups (broad SMARTS) is 2. The van der Waals surface area contributed by atoms with Crippen LogP contribution in [0.15, 0.2) is 24.3 Å². The first-order valence-electron chi connectivity index (χ1n) is 10.6. The van der Waals surface area contributed by atoms with Crippen LogP contribution in [-0.2, 0) is 14.6 Å². The number of sulfone groups is 1. The number of piperidine rings is 1. The largest absolute Gasteiger partial charge is 0.480 e. The maximum atomic E-state index is 12.9. The summed E-state index contributed by atoms with van der Waals surface area (Å²) in [5.74, 6) is -2.36. The normalized spacial score (nSPS) is 15.7. The molecular formula is C22H28N2O7S2. The lowest BCUT2D eigenvalue weighted by atomic mass is 9.97. The molecule has 11 heteroatoms. The molecule has 1 saturated heterocycles. The maximum Gasteiger partial charge on any atom is 0.349 e. The first-order chi connectivity index (χ1) is 15.6. The van der Waals surface area contributed by atoms with Crippen LogP contribution in [-0.4, -0.2) is 61.4 Å². The molecule has 1 unspecified atom stereocenters. The van der Waals surface area contributed by atoms with Gasteiger partial charge in [0.1, 0.15) is 11.1 Å². The van der Waals surface area contributed by atoms with Gasteiger partial charge >= 0.3 is 11.9 Å². The summed E-state index contributed by atoms with van der Waals surface area (Å²) < 4.78 is 31.0. The lowest BCUT2D eigenvalue weighted by Gasteiger charge is -2.31. The summed E-state index contributed by atoms with van der Waals surface area (Å²) >= 11 is 0.993. The van der Waals surface area contributed by atoms with Crippen molar-refractivity contribution < 1.29 is 33.0 Å². The van der Waals surface area contributed by atoms with Crippen molar-refractivity contribution in [1.82, 2.24) is 5.32 Å². The number of hydrogen-bond acceptors (Lipinski definition) is 8. The molecule has 0 aliphatic carbocycles. The molecule has 1 aromatic carbocycles. The second-order valence-electron chi connectivity index (χ2n) is 7.89. The Bertz CT molecular complexity index is 1120. The summed E-state index contributed by atoms with van der Waals surface area (Å²) in [5.41, 5.74) is 1.82. The van der Waals surface area contributed by atoms with E-state index in [4.69, 9.17) is 9.84 Å². The zero-order chi connectivity index (χ0) is 24.2. The van der Waals surface area contributed by atoms with Gasteiger partial charge in [0.15, 0.2) is 21.3 Å². The molecule has 1 aromatic heterocycles. The number of benzene rings is 1. The van der Waals surface area contributed by atoms with E-state index in [0.29, 0.717) is 21.7 Å². The number of nitrogens with one attached hydrogen (secondary N) is 2. The summed E-state index contributed by atoms with van der Waals surface area (Å²) in [6.45, 7) is 4.21. The van der Waals surface area contributed by atoms with Gasteiger partial charge in [-0.3, -0.25) is 0 Å². The van der Waals surface area contributed by atoms with E-state index in [2.05, 4.69) is 10.6 Å². The Morgan fingerprint density at radius 3 is 2.58 bits per heavy atom. The highest BCUT2D eigenvalue weighted by atomic mass is 32.2. The van der Waals surface area contributed by atoms with Gasteiger partial charge < -0.3 is 25.6 Å². The monoisotopic (exact) mass is 496 g/mol. The topological polar surface area (TPSA) is 142 Å². The number of rotatable bonds is 10. The number of anilines is 1. The predicted molar refractivity (Wildman–Crippen MR) is 127 cm³/mol. The number of aromatic carboxylic acids is 1. The summed E-state index contributed by atoms with van der Waals surface area (Å²) in [4.78, 5) is 23.1. The molecule has 33 heavy (non-hydrogen) atoms. The average Bonchev–Trinajstić information content (AvgIpc) is 3.13. The molecule has 0 radical (unpaired) electrons. The van der Waals surface area contributed by atoms with Crippen LogP contribution in [0.5, 0.6) is 5.75 Å². The van der Waals surface area contributed by atoms with Crippen molar-refractivity contribution >= 4 is 38.8 Å². The number of ether oxygens (including phenoxy) is 1. The van der Waals surface area contributed by atoms with E-state index in [1.807, 2.05) is 0 Å². The lowest BCUT2D eigenvalue weighted by molar-refractivity contribution is -0.139. The number of aliphatic carboxylic acids is 1. The highest BCUT2D eigenvalue weighted by Gasteiger charge is 2.33. The van der Waals surface area contributed by atoms with Crippen molar-refractivity contribution in [2.75, 3.05) is 30.8 Å². The van der Waals surface area contributed by atoms with E-state index in [-0.39, 0.29) is 22.3 Å². The third-order valence-electron chi connectivity index (χ3n) is 5.66. The summed E-state index contributed by atoms with van der Waals surface area (Å²) in [5, 5.41) is 24.2. The highest BCUT2D eigenvalue weighted by molar-refractivity contribution is 7.92. The molecule has 2 heterocycles. The van der Waals surface area contributed by atoms with Crippen molar-refractivity contribution in [1.29, 1.82) is 0 Å². The molecule has 9 nitrogen and oxygen atoms in total. The van der Waals surface area contributed by atoms with Gasteiger partial charge in [0.2, 0.25) is 0 Å². The number of carbonyl (C=O) groups is 2. The molecule has 4 N–H and O–H groups in total. The smallest absolute Gasteiger partial charge is 0.349 e. The van der Waals surface area contributed by atoms with Gasteiger partial charge in [-0.2, -0.15) is 0 Å². The van der Waals surface area contributed by atoms with Gasteiger partial charge in [0.25, 0.3) is 0 Å². The van der Waals surface area contributed by atoms with Crippen LogP contribution in [0.4, 0.5) is 5.69 Å². The van der Waals surface area contributed by atoms with Gasteiger partial charge in [-0.15, -0.1) is 11.3 Å². The van der Waals surface area contributed by atoms with E-state index in [1.54, 1.807) is 38.1 Å². The van der Waals surface area contributed by atoms with Crippen LogP contribution in [0, 0.1) is 12.8 Å². The van der Waals surface area contributed by atoms with Crippen molar-refractivity contribution in [3.63, 3.8) is 0 Å². The predicted octanol–water partition coefficient (Wildman–Crippen LogP) is 3.06. The Balaban J connectivity index is 1.95. The summed E-state index contributed by atoms with van der Waals surface area (Å²) in [7, 11) is -3.36. The Hall–Kier alpha value is -2.63.